The van der Waals surface area contributed by atoms with Crippen molar-refractivity contribution < 1.29 is 14.4 Å². The number of benzene rings is 1. The molecular weight excluding hydrogens is 330 g/mol. The van der Waals surface area contributed by atoms with Gasteiger partial charge < -0.3 is 4.90 Å². The van der Waals surface area contributed by atoms with E-state index in [0.29, 0.717) is 30.6 Å². The highest BCUT2D eigenvalue weighted by Crippen LogP contribution is 2.27. The normalized spacial score (nSPS) is 19.2. The first kappa shape index (κ1) is 16.4. The van der Waals surface area contributed by atoms with Gasteiger partial charge in [0.1, 0.15) is 5.69 Å². The van der Waals surface area contributed by atoms with Crippen LogP contribution in [-0.2, 0) is 0 Å². The lowest BCUT2D eigenvalue weighted by Crippen LogP contribution is -2.42. The second kappa shape index (κ2) is 6.05. The summed E-state index contributed by atoms with van der Waals surface area (Å²) in [7, 11) is 0. The van der Waals surface area contributed by atoms with E-state index in [1.165, 1.54) is 11.1 Å². The van der Waals surface area contributed by atoms with Gasteiger partial charge in [0.2, 0.25) is 0 Å². The molecule has 1 fully saturated rings. The SMILES string of the molecule is Cc1ccc(C(=O)N2CCC(N3C(=O)c4cccnc4C3=O)C2)cc1C. The third-order valence-corrected chi connectivity index (χ3v) is 5.25. The summed E-state index contributed by atoms with van der Waals surface area (Å²) in [5.74, 6) is -0.745. The fraction of sp³-hybridized carbons (Fsp3) is 0.300. The van der Waals surface area contributed by atoms with E-state index in [1.54, 1.807) is 17.0 Å². The van der Waals surface area contributed by atoms with E-state index in [-0.39, 0.29) is 29.5 Å². The van der Waals surface area contributed by atoms with Crippen LogP contribution in [0.1, 0.15) is 48.8 Å². The van der Waals surface area contributed by atoms with Gasteiger partial charge in [0.25, 0.3) is 17.7 Å². The number of carbonyl (C=O) groups excluding carboxylic acids is 3. The molecule has 6 nitrogen and oxygen atoms in total. The number of imide groups is 1. The highest BCUT2D eigenvalue weighted by Gasteiger charge is 2.43. The largest absolute Gasteiger partial charge is 0.336 e. The Bertz CT molecular complexity index is 903. The molecule has 6 heteroatoms. The molecule has 1 unspecified atom stereocenters. The van der Waals surface area contributed by atoms with Crippen LogP contribution in [0.3, 0.4) is 0 Å². The molecule has 1 atom stereocenters. The fourth-order valence-electron chi connectivity index (χ4n) is 3.61. The molecule has 2 aromatic rings. The van der Waals surface area contributed by atoms with Crippen LogP contribution in [0.5, 0.6) is 0 Å². The molecule has 0 aliphatic carbocycles. The predicted molar refractivity (Wildman–Crippen MR) is 95.0 cm³/mol. The molecule has 0 N–H and O–H groups in total. The highest BCUT2D eigenvalue weighted by molar-refractivity contribution is 6.20. The van der Waals surface area contributed by atoms with Gasteiger partial charge in [0, 0.05) is 24.8 Å². The lowest BCUT2D eigenvalue weighted by Gasteiger charge is -2.22. The number of fused-ring (bicyclic) bond motifs is 1. The Morgan fingerprint density at radius 1 is 1.12 bits per heavy atom. The molecule has 0 saturated carbocycles. The van der Waals surface area contributed by atoms with Crippen molar-refractivity contribution in [1.29, 1.82) is 0 Å². The molecular formula is C20H19N3O3. The summed E-state index contributed by atoms with van der Waals surface area (Å²) in [4.78, 5) is 44.9. The van der Waals surface area contributed by atoms with Gasteiger partial charge in [0.05, 0.1) is 11.6 Å². The summed E-state index contributed by atoms with van der Waals surface area (Å²) < 4.78 is 0. The van der Waals surface area contributed by atoms with Crippen molar-refractivity contribution in [3.05, 3.63) is 64.5 Å². The molecule has 3 heterocycles. The molecule has 0 spiro atoms. The number of nitrogens with zero attached hydrogens (tertiary/aromatic N) is 3. The van der Waals surface area contributed by atoms with Crippen LogP contribution in [0.2, 0.25) is 0 Å². The summed E-state index contributed by atoms with van der Waals surface area (Å²) in [6.07, 6.45) is 2.10. The Hall–Kier alpha value is -3.02. The quantitative estimate of drug-likeness (QED) is 0.780. The maximum atomic E-state index is 12.8. The maximum absolute atomic E-state index is 12.8. The van der Waals surface area contributed by atoms with Crippen LogP contribution < -0.4 is 0 Å². The standard InChI is InChI=1S/C20H19N3O3/c1-12-5-6-14(10-13(12)2)18(24)22-9-7-15(11-22)23-19(25)16-4-3-8-21-17(16)20(23)26/h3-6,8,10,15H,7,9,11H2,1-2H3. The van der Waals surface area contributed by atoms with Crippen LogP contribution in [0.4, 0.5) is 0 Å². The van der Waals surface area contributed by atoms with E-state index in [1.807, 2.05) is 32.0 Å². The molecule has 1 aromatic carbocycles. The van der Waals surface area contributed by atoms with E-state index < -0.39 is 0 Å². The molecule has 3 amide bonds. The third kappa shape index (κ3) is 2.49. The van der Waals surface area contributed by atoms with Gasteiger partial charge in [-0.05, 0) is 55.7 Å². The van der Waals surface area contributed by atoms with Crippen molar-refractivity contribution in [1.82, 2.24) is 14.8 Å². The molecule has 2 aliphatic heterocycles. The van der Waals surface area contributed by atoms with Crippen LogP contribution >= 0.6 is 0 Å². The number of rotatable bonds is 2. The summed E-state index contributed by atoms with van der Waals surface area (Å²) in [5.41, 5.74) is 3.39. The fourth-order valence-corrected chi connectivity index (χ4v) is 3.61. The Balaban J connectivity index is 1.52. The summed E-state index contributed by atoms with van der Waals surface area (Å²) >= 11 is 0. The van der Waals surface area contributed by atoms with E-state index in [0.717, 1.165) is 11.1 Å². The van der Waals surface area contributed by atoms with Gasteiger partial charge in [-0.15, -0.1) is 0 Å². The number of aromatic nitrogens is 1. The molecule has 4 rings (SSSR count). The zero-order valence-corrected chi connectivity index (χ0v) is 14.7. The lowest BCUT2D eigenvalue weighted by atomic mass is 10.1. The van der Waals surface area contributed by atoms with Crippen LogP contribution in [0.25, 0.3) is 0 Å². The van der Waals surface area contributed by atoms with E-state index in [4.69, 9.17) is 0 Å². The number of hydrogen-bond acceptors (Lipinski definition) is 4. The van der Waals surface area contributed by atoms with E-state index in [9.17, 15) is 14.4 Å². The first-order valence-electron chi connectivity index (χ1n) is 8.67. The zero-order chi connectivity index (χ0) is 18.4. The van der Waals surface area contributed by atoms with Crippen LogP contribution in [-0.4, -0.2) is 51.6 Å². The monoisotopic (exact) mass is 349 g/mol. The van der Waals surface area contributed by atoms with E-state index >= 15 is 0 Å². The van der Waals surface area contributed by atoms with Crippen LogP contribution in [0, 0.1) is 13.8 Å². The second-order valence-electron chi connectivity index (χ2n) is 6.87. The zero-order valence-electron chi connectivity index (χ0n) is 14.7. The minimum atomic E-state index is -0.365. The van der Waals surface area contributed by atoms with Crippen molar-refractivity contribution in [2.45, 2.75) is 26.3 Å². The summed E-state index contributed by atoms with van der Waals surface area (Å²) in [6, 6.07) is 8.61. The summed E-state index contributed by atoms with van der Waals surface area (Å²) in [5, 5.41) is 0. The van der Waals surface area contributed by atoms with Crippen molar-refractivity contribution >= 4 is 17.7 Å². The Morgan fingerprint density at radius 3 is 2.65 bits per heavy atom. The average molecular weight is 349 g/mol. The number of likely N-dealkylation sites (tertiary alicyclic amines) is 1. The smallest absolute Gasteiger partial charge is 0.280 e. The molecule has 0 bridgehead atoms. The molecule has 2 aliphatic rings. The minimum absolute atomic E-state index is 0.0645. The van der Waals surface area contributed by atoms with E-state index in [2.05, 4.69) is 4.98 Å². The molecule has 26 heavy (non-hydrogen) atoms. The van der Waals surface area contributed by atoms with Gasteiger partial charge in [0.15, 0.2) is 0 Å². The second-order valence-corrected chi connectivity index (χ2v) is 6.87. The third-order valence-electron chi connectivity index (χ3n) is 5.25. The molecule has 1 aromatic heterocycles. The number of hydrogen-bond donors (Lipinski definition) is 0. The maximum Gasteiger partial charge on any atom is 0.280 e. The van der Waals surface area contributed by atoms with Gasteiger partial charge in [-0.3, -0.25) is 24.3 Å². The minimum Gasteiger partial charge on any atom is -0.336 e. The Morgan fingerprint density at radius 2 is 1.92 bits per heavy atom. The lowest BCUT2D eigenvalue weighted by molar-refractivity contribution is 0.0573. The number of aryl methyl sites for hydroxylation is 2. The molecule has 0 radical (unpaired) electrons. The number of carbonyl (C=O) groups is 3. The van der Waals surface area contributed by atoms with Gasteiger partial charge in [-0.2, -0.15) is 0 Å². The van der Waals surface area contributed by atoms with Crippen molar-refractivity contribution in [3.63, 3.8) is 0 Å². The van der Waals surface area contributed by atoms with Gasteiger partial charge in [-0.1, -0.05) is 6.07 Å². The number of pyridine rings is 1. The van der Waals surface area contributed by atoms with Gasteiger partial charge >= 0.3 is 0 Å². The molecule has 1 saturated heterocycles. The first-order valence-corrected chi connectivity index (χ1v) is 8.67. The Kier molecular flexibility index (Phi) is 3.83. The van der Waals surface area contributed by atoms with Crippen molar-refractivity contribution in [3.8, 4) is 0 Å². The van der Waals surface area contributed by atoms with Crippen molar-refractivity contribution in [2.75, 3.05) is 13.1 Å². The highest BCUT2D eigenvalue weighted by atomic mass is 16.2. The predicted octanol–water partition coefficient (Wildman–Crippen LogP) is 2.21. The topological polar surface area (TPSA) is 70.6 Å². The first-order chi connectivity index (χ1) is 12.5. The Labute approximate surface area is 151 Å². The van der Waals surface area contributed by atoms with Crippen molar-refractivity contribution in [2.24, 2.45) is 0 Å². The van der Waals surface area contributed by atoms with Crippen LogP contribution in [0.15, 0.2) is 36.5 Å². The average Bonchev–Trinajstić information content (AvgIpc) is 3.21. The number of amides is 3. The summed E-state index contributed by atoms with van der Waals surface area (Å²) in [6.45, 7) is 4.87. The molecule has 132 valence electrons. The van der Waals surface area contributed by atoms with Gasteiger partial charge in [-0.25, -0.2) is 0 Å².